The first-order valence-corrected chi connectivity index (χ1v) is 8.08. The van der Waals surface area contributed by atoms with Gasteiger partial charge >= 0.3 is 0 Å². The Kier molecular flexibility index (Phi) is 5.02. The molecule has 2 nitrogen and oxygen atoms in total. The van der Waals surface area contributed by atoms with E-state index in [0.717, 1.165) is 9.14 Å². The smallest absolute Gasteiger partial charge is 0.268 e. The highest BCUT2D eigenvalue weighted by Crippen LogP contribution is 2.40. The van der Waals surface area contributed by atoms with Crippen molar-refractivity contribution in [3.05, 3.63) is 9.14 Å². The number of nitrogens with zero attached hydrogens (tertiary/aromatic N) is 1. The molecule has 1 fully saturated rings. The maximum atomic E-state index is 12.0. The molecule has 0 aromatic heterocycles. The summed E-state index contributed by atoms with van der Waals surface area (Å²) in [6.45, 7) is 3.96. The third-order valence-corrected chi connectivity index (χ3v) is 5.68. The second-order valence-corrected chi connectivity index (χ2v) is 6.70. The van der Waals surface area contributed by atoms with Crippen molar-refractivity contribution in [2.45, 2.75) is 19.9 Å². The van der Waals surface area contributed by atoms with Crippen LogP contribution in [0.5, 0.6) is 0 Å². The van der Waals surface area contributed by atoms with Crippen molar-refractivity contribution in [1.29, 1.82) is 0 Å². The molecule has 15 heavy (non-hydrogen) atoms. The second kappa shape index (κ2) is 5.61. The highest BCUT2D eigenvalue weighted by Gasteiger charge is 2.35. The van der Waals surface area contributed by atoms with Gasteiger partial charge in [0.1, 0.15) is 4.32 Å². The highest BCUT2D eigenvalue weighted by atomic mass is 32.2. The number of carbonyl (C=O) groups excluding carboxylic acids is 1. The fraction of sp³-hybridized carbons (Fsp3) is 0.556. The van der Waals surface area contributed by atoms with Crippen LogP contribution in [0.2, 0.25) is 0 Å². The zero-order valence-electron chi connectivity index (χ0n) is 9.07. The molecule has 0 saturated carbocycles. The van der Waals surface area contributed by atoms with E-state index in [1.807, 2.05) is 26.4 Å². The van der Waals surface area contributed by atoms with E-state index in [9.17, 15) is 4.79 Å². The van der Waals surface area contributed by atoms with Crippen LogP contribution in [-0.2, 0) is 4.79 Å². The molecule has 0 aliphatic carbocycles. The molecule has 84 valence electrons. The van der Waals surface area contributed by atoms with Gasteiger partial charge in [-0.05, 0) is 26.4 Å². The molecule has 0 spiro atoms. The van der Waals surface area contributed by atoms with Gasteiger partial charge in [0.05, 0.1) is 9.14 Å². The molecule has 0 N–H and O–H groups in total. The SMILES string of the molecule is CSC(SC)=C1SC(=S)N(C(C)C)C1=O. The molecular weight excluding hydrogens is 266 g/mol. The van der Waals surface area contributed by atoms with Gasteiger partial charge in [-0.3, -0.25) is 9.69 Å². The third kappa shape index (κ3) is 2.72. The van der Waals surface area contributed by atoms with E-state index in [1.165, 1.54) is 11.8 Å². The quantitative estimate of drug-likeness (QED) is 0.582. The molecule has 1 aliphatic heterocycles. The summed E-state index contributed by atoms with van der Waals surface area (Å²) in [6, 6.07) is 0.139. The second-order valence-electron chi connectivity index (χ2n) is 3.16. The van der Waals surface area contributed by atoms with Gasteiger partial charge in [-0.2, -0.15) is 0 Å². The Morgan fingerprint density at radius 1 is 1.40 bits per heavy atom. The number of amides is 1. The van der Waals surface area contributed by atoms with Gasteiger partial charge < -0.3 is 0 Å². The van der Waals surface area contributed by atoms with Gasteiger partial charge in [0, 0.05) is 6.04 Å². The van der Waals surface area contributed by atoms with Crippen LogP contribution in [0.25, 0.3) is 0 Å². The summed E-state index contributed by atoms with van der Waals surface area (Å²) >= 11 is 9.82. The summed E-state index contributed by atoms with van der Waals surface area (Å²) in [6.07, 6.45) is 3.96. The van der Waals surface area contributed by atoms with Crippen molar-refractivity contribution in [1.82, 2.24) is 4.90 Å². The molecule has 1 saturated heterocycles. The summed E-state index contributed by atoms with van der Waals surface area (Å²) in [7, 11) is 0. The van der Waals surface area contributed by atoms with E-state index in [1.54, 1.807) is 28.4 Å². The van der Waals surface area contributed by atoms with Crippen LogP contribution in [-0.4, -0.2) is 33.7 Å². The van der Waals surface area contributed by atoms with Gasteiger partial charge in [0.25, 0.3) is 5.91 Å². The van der Waals surface area contributed by atoms with Gasteiger partial charge in [-0.1, -0.05) is 24.0 Å². The van der Waals surface area contributed by atoms with E-state index in [-0.39, 0.29) is 11.9 Å². The number of rotatable bonds is 3. The van der Waals surface area contributed by atoms with Crippen molar-refractivity contribution < 1.29 is 4.79 Å². The molecular formula is C9H13NOS4. The van der Waals surface area contributed by atoms with E-state index in [2.05, 4.69) is 0 Å². The molecule has 6 heteroatoms. The Morgan fingerprint density at radius 3 is 2.27 bits per heavy atom. The summed E-state index contributed by atoms with van der Waals surface area (Å²) < 4.78 is 1.72. The predicted octanol–water partition coefficient (Wildman–Crippen LogP) is 3.15. The fourth-order valence-corrected chi connectivity index (χ4v) is 4.56. The lowest BCUT2D eigenvalue weighted by atomic mass is 10.3. The molecule has 0 bridgehead atoms. The van der Waals surface area contributed by atoms with Crippen LogP contribution in [0.4, 0.5) is 0 Å². The maximum absolute atomic E-state index is 12.0. The Labute approximate surface area is 109 Å². The molecule has 0 aromatic carbocycles. The summed E-state index contributed by atoms with van der Waals surface area (Å²) in [5.74, 6) is 0.0544. The van der Waals surface area contributed by atoms with Crippen LogP contribution in [0.3, 0.4) is 0 Å². The number of hydrogen-bond acceptors (Lipinski definition) is 5. The van der Waals surface area contributed by atoms with Crippen molar-refractivity contribution >= 4 is 57.7 Å². The zero-order chi connectivity index (χ0) is 11.6. The lowest BCUT2D eigenvalue weighted by Crippen LogP contribution is -2.34. The van der Waals surface area contributed by atoms with Gasteiger partial charge in [0.15, 0.2) is 0 Å². The Bertz CT molecular complexity index is 318. The first kappa shape index (κ1) is 13.4. The van der Waals surface area contributed by atoms with E-state index in [0.29, 0.717) is 4.32 Å². The fourth-order valence-electron chi connectivity index (χ4n) is 1.22. The Balaban J connectivity index is 3.05. The van der Waals surface area contributed by atoms with E-state index in [4.69, 9.17) is 12.2 Å². The Hall–Kier alpha value is 0.350. The third-order valence-electron chi connectivity index (χ3n) is 1.87. The van der Waals surface area contributed by atoms with Crippen LogP contribution in [0.15, 0.2) is 9.14 Å². The maximum Gasteiger partial charge on any atom is 0.268 e. The van der Waals surface area contributed by atoms with Gasteiger partial charge in [0.2, 0.25) is 0 Å². The Morgan fingerprint density at radius 2 is 1.93 bits per heavy atom. The van der Waals surface area contributed by atoms with Gasteiger partial charge in [-0.15, -0.1) is 23.5 Å². The summed E-state index contributed by atoms with van der Waals surface area (Å²) in [4.78, 5) is 14.5. The average Bonchev–Trinajstić information content (AvgIpc) is 2.44. The number of carbonyl (C=O) groups is 1. The van der Waals surface area contributed by atoms with Crippen LogP contribution < -0.4 is 0 Å². The van der Waals surface area contributed by atoms with E-state index < -0.39 is 0 Å². The molecule has 1 amide bonds. The topological polar surface area (TPSA) is 20.3 Å². The molecule has 0 atom stereocenters. The summed E-state index contributed by atoms with van der Waals surface area (Å²) in [5.41, 5.74) is 0. The van der Waals surface area contributed by atoms with E-state index >= 15 is 0 Å². The van der Waals surface area contributed by atoms with Crippen LogP contribution in [0, 0.1) is 0 Å². The predicted molar refractivity (Wildman–Crippen MR) is 76.2 cm³/mol. The monoisotopic (exact) mass is 279 g/mol. The number of thioether (sulfide) groups is 3. The summed E-state index contributed by atoms with van der Waals surface area (Å²) in [5, 5.41) is 0. The lowest BCUT2D eigenvalue weighted by Gasteiger charge is -2.18. The van der Waals surface area contributed by atoms with Crippen molar-refractivity contribution in [3.63, 3.8) is 0 Å². The first-order valence-electron chi connectivity index (χ1n) is 4.40. The average molecular weight is 279 g/mol. The highest BCUT2D eigenvalue weighted by molar-refractivity contribution is 8.29. The molecule has 0 aromatic rings. The van der Waals surface area contributed by atoms with Crippen molar-refractivity contribution in [2.75, 3.05) is 12.5 Å². The molecule has 1 rings (SSSR count). The molecule has 1 heterocycles. The minimum Gasteiger partial charge on any atom is -0.290 e. The normalized spacial score (nSPS) is 16.9. The van der Waals surface area contributed by atoms with Crippen molar-refractivity contribution in [2.24, 2.45) is 0 Å². The zero-order valence-corrected chi connectivity index (χ0v) is 12.3. The molecule has 1 aliphatic rings. The largest absolute Gasteiger partial charge is 0.290 e. The van der Waals surface area contributed by atoms with Crippen molar-refractivity contribution in [3.8, 4) is 0 Å². The van der Waals surface area contributed by atoms with Crippen LogP contribution in [0.1, 0.15) is 13.8 Å². The van der Waals surface area contributed by atoms with Gasteiger partial charge in [-0.25, -0.2) is 0 Å². The first-order chi connectivity index (χ1) is 7.02. The minimum atomic E-state index is 0.0544. The number of thiocarbonyl (C=S) groups is 1. The standard InChI is InChI=1S/C9H13NOS4/c1-5(2)10-7(11)6(15-9(10)12)8(13-3)14-4/h5H,1-4H3. The molecule has 0 unspecified atom stereocenters. The minimum absolute atomic E-state index is 0.0544. The number of hydrogen-bond donors (Lipinski definition) is 0. The van der Waals surface area contributed by atoms with Crippen LogP contribution >= 0.6 is 47.5 Å². The lowest BCUT2D eigenvalue weighted by molar-refractivity contribution is -0.123. The molecule has 0 radical (unpaired) electrons.